The molecule has 2 aromatic heterocycles. The number of carbonyl (C=O) groups excluding carboxylic acids is 2. The third kappa shape index (κ3) is 3.37. The molecule has 0 bridgehead atoms. The quantitative estimate of drug-likeness (QED) is 0.692. The van der Waals surface area contributed by atoms with E-state index in [2.05, 4.69) is 20.6 Å². The van der Waals surface area contributed by atoms with Crippen LogP contribution in [-0.2, 0) is 11.3 Å². The highest BCUT2D eigenvalue weighted by Gasteiger charge is 2.10. The molecule has 3 rings (SSSR count). The molecule has 0 atom stereocenters. The SMILES string of the molecule is CC(=O)NCc1cc(C(=O)Nc2cccc3[nH]ccc23)ccn1. The first kappa shape index (κ1) is 14.8. The van der Waals surface area contributed by atoms with Crippen LogP contribution in [0.5, 0.6) is 0 Å². The number of amides is 2. The lowest BCUT2D eigenvalue weighted by Gasteiger charge is -2.08. The van der Waals surface area contributed by atoms with Gasteiger partial charge in [-0.05, 0) is 30.3 Å². The van der Waals surface area contributed by atoms with Crippen LogP contribution < -0.4 is 10.6 Å². The number of anilines is 1. The topological polar surface area (TPSA) is 86.9 Å². The molecule has 2 heterocycles. The number of hydrogen-bond acceptors (Lipinski definition) is 3. The van der Waals surface area contributed by atoms with E-state index in [0.717, 1.165) is 16.6 Å². The fourth-order valence-corrected chi connectivity index (χ4v) is 2.32. The van der Waals surface area contributed by atoms with E-state index >= 15 is 0 Å². The van der Waals surface area contributed by atoms with Crippen molar-refractivity contribution < 1.29 is 9.59 Å². The average Bonchev–Trinajstić information content (AvgIpc) is 3.03. The predicted octanol–water partition coefficient (Wildman–Crippen LogP) is 2.45. The molecule has 0 aliphatic heterocycles. The Morgan fingerprint density at radius 1 is 1.22 bits per heavy atom. The highest BCUT2D eigenvalue weighted by molar-refractivity contribution is 6.08. The van der Waals surface area contributed by atoms with Crippen LogP contribution >= 0.6 is 0 Å². The van der Waals surface area contributed by atoms with E-state index in [-0.39, 0.29) is 11.8 Å². The van der Waals surface area contributed by atoms with Gasteiger partial charge in [-0.25, -0.2) is 0 Å². The van der Waals surface area contributed by atoms with Crippen molar-refractivity contribution in [3.63, 3.8) is 0 Å². The van der Waals surface area contributed by atoms with Crippen LogP contribution in [0.2, 0.25) is 0 Å². The van der Waals surface area contributed by atoms with E-state index in [1.807, 2.05) is 30.5 Å². The summed E-state index contributed by atoms with van der Waals surface area (Å²) in [4.78, 5) is 30.6. The van der Waals surface area contributed by atoms with Crippen molar-refractivity contribution in [2.75, 3.05) is 5.32 Å². The molecule has 0 aliphatic carbocycles. The number of aromatic nitrogens is 2. The van der Waals surface area contributed by atoms with Crippen LogP contribution in [0.25, 0.3) is 10.9 Å². The summed E-state index contributed by atoms with van der Waals surface area (Å²) in [6.07, 6.45) is 3.39. The van der Waals surface area contributed by atoms with Gasteiger partial charge in [0.25, 0.3) is 5.91 Å². The Morgan fingerprint density at radius 2 is 2.09 bits per heavy atom. The normalized spacial score (nSPS) is 10.5. The van der Waals surface area contributed by atoms with E-state index in [9.17, 15) is 9.59 Å². The molecule has 0 aliphatic rings. The third-order valence-electron chi connectivity index (χ3n) is 3.44. The fourth-order valence-electron chi connectivity index (χ4n) is 2.32. The summed E-state index contributed by atoms with van der Waals surface area (Å²) in [5.74, 6) is -0.356. The number of fused-ring (bicyclic) bond motifs is 1. The Balaban J connectivity index is 1.79. The molecule has 116 valence electrons. The number of aromatic amines is 1. The van der Waals surface area contributed by atoms with Gasteiger partial charge < -0.3 is 15.6 Å². The predicted molar refractivity (Wildman–Crippen MR) is 88.0 cm³/mol. The highest BCUT2D eigenvalue weighted by atomic mass is 16.2. The number of nitrogens with one attached hydrogen (secondary N) is 3. The number of pyridine rings is 1. The molecule has 2 amide bonds. The Kier molecular flexibility index (Phi) is 4.05. The molecule has 1 aromatic carbocycles. The van der Waals surface area contributed by atoms with E-state index < -0.39 is 0 Å². The van der Waals surface area contributed by atoms with Crippen LogP contribution in [0.3, 0.4) is 0 Å². The van der Waals surface area contributed by atoms with Crippen molar-refractivity contribution in [2.24, 2.45) is 0 Å². The Bertz CT molecular complexity index is 870. The highest BCUT2D eigenvalue weighted by Crippen LogP contribution is 2.22. The zero-order valence-electron chi connectivity index (χ0n) is 12.6. The second-order valence-corrected chi connectivity index (χ2v) is 5.14. The molecule has 0 fully saturated rings. The standard InChI is InChI=1S/C17H16N4O2/c1-11(22)20-10-13-9-12(5-7-18-13)17(23)21-16-4-2-3-15-14(16)6-8-19-15/h2-9,19H,10H2,1H3,(H,20,22)(H,21,23). The molecule has 0 spiro atoms. The van der Waals surface area contributed by atoms with Crippen molar-refractivity contribution in [1.29, 1.82) is 0 Å². The third-order valence-corrected chi connectivity index (χ3v) is 3.44. The van der Waals surface area contributed by atoms with E-state index in [4.69, 9.17) is 0 Å². The summed E-state index contributed by atoms with van der Waals surface area (Å²) in [7, 11) is 0. The molecular formula is C17H16N4O2. The fraction of sp³-hybridized carbons (Fsp3) is 0.118. The first-order valence-electron chi connectivity index (χ1n) is 7.20. The Morgan fingerprint density at radius 3 is 2.91 bits per heavy atom. The number of benzene rings is 1. The smallest absolute Gasteiger partial charge is 0.255 e. The van der Waals surface area contributed by atoms with Gasteiger partial charge in [0.2, 0.25) is 5.91 Å². The van der Waals surface area contributed by atoms with Gasteiger partial charge in [-0.1, -0.05) is 6.07 Å². The average molecular weight is 308 g/mol. The second kappa shape index (κ2) is 6.31. The van der Waals surface area contributed by atoms with Gasteiger partial charge in [-0.3, -0.25) is 14.6 Å². The van der Waals surface area contributed by atoms with Crippen LogP contribution in [0, 0.1) is 0 Å². The molecule has 0 unspecified atom stereocenters. The summed E-state index contributed by atoms with van der Waals surface area (Å²) in [5.41, 5.74) is 2.83. The van der Waals surface area contributed by atoms with Crippen LogP contribution in [0.15, 0.2) is 48.8 Å². The van der Waals surface area contributed by atoms with Crippen molar-refractivity contribution in [1.82, 2.24) is 15.3 Å². The molecule has 0 saturated heterocycles. The number of H-pyrrole nitrogens is 1. The summed E-state index contributed by atoms with van der Waals surface area (Å²) < 4.78 is 0. The van der Waals surface area contributed by atoms with Crippen molar-refractivity contribution in [3.8, 4) is 0 Å². The molecule has 3 aromatic rings. The first-order chi connectivity index (χ1) is 11.1. The van der Waals surface area contributed by atoms with Gasteiger partial charge in [0.05, 0.1) is 17.9 Å². The van der Waals surface area contributed by atoms with Gasteiger partial charge in [-0.2, -0.15) is 0 Å². The summed E-state index contributed by atoms with van der Waals surface area (Å²) in [5, 5.41) is 6.52. The maximum Gasteiger partial charge on any atom is 0.255 e. The lowest BCUT2D eigenvalue weighted by molar-refractivity contribution is -0.119. The van der Waals surface area contributed by atoms with Gasteiger partial charge >= 0.3 is 0 Å². The maximum absolute atomic E-state index is 12.4. The van der Waals surface area contributed by atoms with E-state index in [1.54, 1.807) is 18.3 Å². The minimum absolute atomic E-state index is 0.138. The summed E-state index contributed by atoms with van der Waals surface area (Å²) >= 11 is 0. The molecule has 0 saturated carbocycles. The monoisotopic (exact) mass is 308 g/mol. The lowest BCUT2D eigenvalue weighted by Crippen LogP contribution is -2.20. The molecule has 6 heteroatoms. The second-order valence-electron chi connectivity index (χ2n) is 5.14. The summed E-state index contributed by atoms with van der Waals surface area (Å²) in [6.45, 7) is 1.73. The van der Waals surface area contributed by atoms with Crippen LogP contribution in [0.1, 0.15) is 23.0 Å². The zero-order valence-corrected chi connectivity index (χ0v) is 12.6. The van der Waals surface area contributed by atoms with E-state index in [1.165, 1.54) is 6.92 Å². The Hall–Kier alpha value is -3.15. The van der Waals surface area contributed by atoms with Crippen molar-refractivity contribution in [2.45, 2.75) is 13.5 Å². The molecular weight excluding hydrogens is 292 g/mol. The van der Waals surface area contributed by atoms with Gasteiger partial charge in [0.1, 0.15) is 0 Å². The van der Waals surface area contributed by atoms with Crippen molar-refractivity contribution >= 4 is 28.4 Å². The number of rotatable bonds is 4. The minimum Gasteiger partial charge on any atom is -0.361 e. The Labute approximate surface area is 132 Å². The van der Waals surface area contributed by atoms with Crippen LogP contribution in [-0.4, -0.2) is 21.8 Å². The summed E-state index contributed by atoms with van der Waals surface area (Å²) in [6, 6.07) is 10.9. The van der Waals surface area contributed by atoms with Crippen LogP contribution in [0.4, 0.5) is 5.69 Å². The van der Waals surface area contributed by atoms with Gasteiger partial charge in [0, 0.05) is 35.8 Å². The van der Waals surface area contributed by atoms with Crippen molar-refractivity contribution in [3.05, 3.63) is 60.0 Å². The molecule has 3 N–H and O–H groups in total. The van der Waals surface area contributed by atoms with E-state index in [0.29, 0.717) is 17.8 Å². The molecule has 0 radical (unpaired) electrons. The largest absolute Gasteiger partial charge is 0.361 e. The number of carbonyl (C=O) groups is 2. The molecule has 6 nitrogen and oxygen atoms in total. The molecule has 23 heavy (non-hydrogen) atoms. The van der Waals surface area contributed by atoms with Gasteiger partial charge in [-0.15, -0.1) is 0 Å². The lowest BCUT2D eigenvalue weighted by atomic mass is 10.2. The zero-order chi connectivity index (χ0) is 16.2. The van der Waals surface area contributed by atoms with Gasteiger partial charge in [0.15, 0.2) is 0 Å². The maximum atomic E-state index is 12.4. The first-order valence-corrected chi connectivity index (χ1v) is 7.20. The number of nitrogens with zero attached hydrogens (tertiary/aromatic N) is 1. The minimum atomic E-state index is -0.217. The number of hydrogen-bond donors (Lipinski definition) is 3.